The molecule has 7 rings (SSSR count). The molecule has 3 fully saturated rings. The maximum Gasteiger partial charge on any atom is 0.143 e. The highest BCUT2D eigenvalue weighted by atomic mass is 16.5. The number of aromatic amines is 1. The molecule has 4 heterocycles. The second-order valence-corrected chi connectivity index (χ2v) is 9.91. The van der Waals surface area contributed by atoms with E-state index in [0.717, 1.165) is 53.9 Å². The third-order valence-electron chi connectivity index (χ3n) is 7.81. The fraction of sp³-hybridized carbons (Fsp3) is 0.538. The van der Waals surface area contributed by atoms with E-state index >= 15 is 0 Å². The Morgan fingerprint density at radius 1 is 1.03 bits per heavy atom. The number of rotatable bonds is 3. The second-order valence-electron chi connectivity index (χ2n) is 9.91. The van der Waals surface area contributed by atoms with Gasteiger partial charge in [0, 0.05) is 43.7 Å². The Kier molecular flexibility index (Phi) is 5.35. The van der Waals surface area contributed by atoms with E-state index in [1.165, 1.54) is 50.9 Å². The summed E-state index contributed by atoms with van der Waals surface area (Å²) in [6, 6.07) is 11.9. The van der Waals surface area contributed by atoms with Crippen molar-refractivity contribution in [3.63, 3.8) is 0 Å². The summed E-state index contributed by atoms with van der Waals surface area (Å²) < 4.78 is 5.58. The molecular formula is C26H33N5O. The fourth-order valence-electron chi connectivity index (χ4n) is 5.79. The summed E-state index contributed by atoms with van der Waals surface area (Å²) in [5.74, 6) is 3.27. The summed E-state index contributed by atoms with van der Waals surface area (Å²) in [5.41, 5.74) is 5.40. The highest BCUT2D eigenvalue weighted by Gasteiger charge is 2.40. The normalized spacial score (nSPS) is 27.0. The van der Waals surface area contributed by atoms with Gasteiger partial charge in [-0.05, 0) is 55.2 Å². The summed E-state index contributed by atoms with van der Waals surface area (Å²) in [7, 11) is 1.88. The number of nitrogens with zero attached hydrogens (tertiary/aromatic N) is 3. The SMILES string of the molecule is CNc1ncnc2[nH]c(C3CC3)cc12.c1ccc2c(c1)CC[C@H](N1CC3COCC3C1)C2. The molecule has 2 N–H and O–H groups in total. The number of fused-ring (bicyclic) bond motifs is 3. The van der Waals surface area contributed by atoms with Crippen molar-refractivity contribution in [3.05, 3.63) is 53.5 Å². The predicted molar refractivity (Wildman–Crippen MR) is 127 cm³/mol. The van der Waals surface area contributed by atoms with Crippen molar-refractivity contribution in [2.75, 3.05) is 38.7 Å². The zero-order valence-electron chi connectivity index (χ0n) is 18.9. The number of likely N-dealkylation sites (tertiary alicyclic amines) is 1. The Bertz CT molecular complexity index is 1080. The van der Waals surface area contributed by atoms with Gasteiger partial charge in [0.15, 0.2) is 0 Å². The summed E-state index contributed by atoms with van der Waals surface area (Å²) in [4.78, 5) is 14.5. The third-order valence-corrected chi connectivity index (χ3v) is 7.81. The number of nitrogens with one attached hydrogen (secondary N) is 2. The second kappa shape index (κ2) is 8.49. The first-order valence-corrected chi connectivity index (χ1v) is 12.2. The molecule has 2 unspecified atom stereocenters. The van der Waals surface area contributed by atoms with Gasteiger partial charge in [0.05, 0.1) is 18.6 Å². The number of ether oxygens (including phenoxy) is 1. The van der Waals surface area contributed by atoms with E-state index in [-0.39, 0.29) is 0 Å². The monoisotopic (exact) mass is 431 g/mol. The molecule has 6 heteroatoms. The van der Waals surface area contributed by atoms with Gasteiger partial charge in [0.1, 0.15) is 17.8 Å². The van der Waals surface area contributed by atoms with Crippen LogP contribution < -0.4 is 5.32 Å². The molecule has 168 valence electrons. The average molecular weight is 432 g/mol. The first kappa shape index (κ1) is 20.2. The fourth-order valence-corrected chi connectivity index (χ4v) is 5.79. The van der Waals surface area contributed by atoms with Crippen molar-refractivity contribution in [2.24, 2.45) is 11.8 Å². The van der Waals surface area contributed by atoms with Crippen molar-refractivity contribution in [1.82, 2.24) is 19.9 Å². The van der Waals surface area contributed by atoms with Gasteiger partial charge in [0.2, 0.25) is 0 Å². The average Bonchev–Trinajstić information content (AvgIpc) is 3.24. The van der Waals surface area contributed by atoms with Crippen LogP contribution >= 0.6 is 0 Å². The van der Waals surface area contributed by atoms with Crippen molar-refractivity contribution in [3.8, 4) is 0 Å². The molecule has 3 aromatic rings. The molecule has 4 aliphatic rings. The van der Waals surface area contributed by atoms with E-state index in [2.05, 4.69) is 55.5 Å². The molecular weight excluding hydrogens is 398 g/mol. The number of hydrogen-bond acceptors (Lipinski definition) is 5. The molecule has 1 saturated carbocycles. The van der Waals surface area contributed by atoms with Gasteiger partial charge in [-0.25, -0.2) is 9.97 Å². The van der Waals surface area contributed by atoms with Gasteiger partial charge in [-0.15, -0.1) is 0 Å². The quantitative estimate of drug-likeness (QED) is 0.656. The molecule has 0 bridgehead atoms. The molecule has 2 aromatic heterocycles. The predicted octanol–water partition coefficient (Wildman–Crippen LogP) is 4.00. The van der Waals surface area contributed by atoms with E-state index in [1.54, 1.807) is 17.5 Å². The maximum absolute atomic E-state index is 5.58. The van der Waals surface area contributed by atoms with Gasteiger partial charge in [-0.3, -0.25) is 4.90 Å². The van der Waals surface area contributed by atoms with E-state index in [0.29, 0.717) is 0 Å². The first-order valence-electron chi connectivity index (χ1n) is 12.2. The Morgan fingerprint density at radius 3 is 2.56 bits per heavy atom. The smallest absolute Gasteiger partial charge is 0.143 e. The van der Waals surface area contributed by atoms with Crippen LogP contribution in [-0.2, 0) is 17.6 Å². The minimum atomic E-state index is 0.730. The summed E-state index contributed by atoms with van der Waals surface area (Å²) in [6.45, 7) is 4.56. The van der Waals surface area contributed by atoms with Crippen LogP contribution in [0.1, 0.15) is 42.0 Å². The van der Waals surface area contributed by atoms with Crippen LogP contribution in [-0.4, -0.2) is 59.2 Å². The Labute approximate surface area is 189 Å². The van der Waals surface area contributed by atoms with Gasteiger partial charge in [-0.1, -0.05) is 24.3 Å². The number of hydrogen-bond donors (Lipinski definition) is 2. The van der Waals surface area contributed by atoms with Crippen LogP contribution in [0.2, 0.25) is 0 Å². The van der Waals surface area contributed by atoms with Crippen LogP contribution in [0.3, 0.4) is 0 Å². The lowest BCUT2D eigenvalue weighted by atomic mass is 9.87. The number of anilines is 1. The van der Waals surface area contributed by atoms with Crippen LogP contribution in [0.15, 0.2) is 36.7 Å². The Morgan fingerprint density at radius 2 is 1.81 bits per heavy atom. The number of aromatic nitrogens is 3. The molecule has 0 radical (unpaired) electrons. The molecule has 32 heavy (non-hydrogen) atoms. The Hall–Kier alpha value is -2.44. The lowest BCUT2D eigenvalue weighted by molar-refractivity contribution is 0.134. The number of benzene rings is 1. The van der Waals surface area contributed by atoms with Gasteiger partial charge >= 0.3 is 0 Å². The highest BCUT2D eigenvalue weighted by Crippen LogP contribution is 2.41. The number of aryl methyl sites for hydroxylation is 1. The topological polar surface area (TPSA) is 66.1 Å². The Balaban J connectivity index is 0.000000126. The van der Waals surface area contributed by atoms with Crippen LogP contribution in [0, 0.1) is 11.8 Å². The van der Waals surface area contributed by atoms with E-state index in [9.17, 15) is 0 Å². The molecule has 2 aliphatic carbocycles. The molecule has 2 aliphatic heterocycles. The lowest BCUT2D eigenvalue weighted by Crippen LogP contribution is -2.38. The van der Waals surface area contributed by atoms with Gasteiger partial charge in [0.25, 0.3) is 0 Å². The first-order chi connectivity index (χ1) is 15.8. The van der Waals surface area contributed by atoms with Crippen LogP contribution in [0.25, 0.3) is 11.0 Å². The molecule has 6 nitrogen and oxygen atoms in total. The molecule has 2 saturated heterocycles. The van der Waals surface area contributed by atoms with Crippen molar-refractivity contribution >= 4 is 16.9 Å². The molecule has 3 atom stereocenters. The van der Waals surface area contributed by atoms with Crippen LogP contribution in [0.4, 0.5) is 5.82 Å². The minimum absolute atomic E-state index is 0.730. The standard InChI is InChI=1S/C16H21NO.C10H12N4/c1-2-4-13-7-16(6-5-12(13)3-1)17-8-14-10-18-11-15(14)9-17;1-11-9-7-4-8(6-2-3-6)14-10(7)13-5-12-9/h1-4,14-16H,5-11H2;4-6H,2-3H2,1H3,(H2,11,12,13,14)/t14?,15?,16-;/m0./s1. The van der Waals surface area contributed by atoms with Crippen molar-refractivity contribution < 1.29 is 4.74 Å². The minimum Gasteiger partial charge on any atom is -0.381 e. The lowest BCUT2D eigenvalue weighted by Gasteiger charge is -2.32. The van der Waals surface area contributed by atoms with Crippen molar-refractivity contribution in [2.45, 2.75) is 44.1 Å². The highest BCUT2D eigenvalue weighted by molar-refractivity contribution is 5.87. The summed E-state index contributed by atoms with van der Waals surface area (Å²) in [6.07, 6.45) is 8.06. The van der Waals surface area contributed by atoms with Gasteiger partial charge in [-0.2, -0.15) is 0 Å². The van der Waals surface area contributed by atoms with E-state index in [1.807, 2.05) is 7.05 Å². The largest absolute Gasteiger partial charge is 0.381 e. The van der Waals surface area contributed by atoms with Gasteiger partial charge < -0.3 is 15.0 Å². The van der Waals surface area contributed by atoms with Crippen LogP contribution in [0.5, 0.6) is 0 Å². The summed E-state index contributed by atoms with van der Waals surface area (Å²) >= 11 is 0. The third kappa shape index (κ3) is 3.90. The summed E-state index contributed by atoms with van der Waals surface area (Å²) in [5, 5.41) is 4.17. The molecule has 0 amide bonds. The zero-order valence-corrected chi connectivity index (χ0v) is 18.9. The number of H-pyrrole nitrogens is 1. The zero-order chi connectivity index (χ0) is 21.5. The maximum atomic E-state index is 5.58. The molecule has 1 aromatic carbocycles. The van der Waals surface area contributed by atoms with Crippen molar-refractivity contribution in [1.29, 1.82) is 0 Å². The molecule has 0 spiro atoms. The van der Waals surface area contributed by atoms with E-state index in [4.69, 9.17) is 4.74 Å². The van der Waals surface area contributed by atoms with E-state index < -0.39 is 0 Å².